The van der Waals surface area contributed by atoms with E-state index in [0.717, 1.165) is 6.42 Å². The van der Waals surface area contributed by atoms with Crippen molar-refractivity contribution < 1.29 is 9.59 Å². The maximum absolute atomic E-state index is 11.8. The third-order valence-corrected chi connectivity index (χ3v) is 4.71. The Morgan fingerprint density at radius 3 is 1.70 bits per heavy atom. The molecule has 0 saturated carbocycles. The van der Waals surface area contributed by atoms with Crippen molar-refractivity contribution in [1.82, 2.24) is 0 Å². The van der Waals surface area contributed by atoms with E-state index in [-0.39, 0.29) is 18.0 Å². The van der Waals surface area contributed by atoms with Gasteiger partial charge in [0.15, 0.2) is 0 Å². The highest BCUT2D eigenvalue weighted by Crippen LogP contribution is 2.23. The molecule has 0 amide bonds. The SMILES string of the molecule is CCCCCCCCC(CCCCCC)CCC(=O)CC(C)=O. The van der Waals surface area contributed by atoms with Crippen molar-refractivity contribution in [3.63, 3.8) is 0 Å². The third kappa shape index (κ3) is 16.0. The third-order valence-electron chi connectivity index (χ3n) is 4.71. The fourth-order valence-electron chi connectivity index (χ4n) is 3.24. The van der Waals surface area contributed by atoms with Crippen LogP contribution in [0.3, 0.4) is 0 Å². The van der Waals surface area contributed by atoms with Crippen molar-refractivity contribution in [2.75, 3.05) is 0 Å². The van der Waals surface area contributed by atoms with Crippen molar-refractivity contribution in [3.8, 4) is 0 Å². The van der Waals surface area contributed by atoms with Crippen LogP contribution in [0.4, 0.5) is 0 Å². The molecule has 0 N–H and O–H groups in total. The number of unbranched alkanes of at least 4 members (excludes halogenated alkanes) is 8. The Labute approximate surface area is 144 Å². The summed E-state index contributed by atoms with van der Waals surface area (Å²) in [5.41, 5.74) is 0. The number of carbonyl (C=O) groups excluding carboxylic acids is 2. The molecule has 0 aromatic carbocycles. The molecule has 0 bridgehead atoms. The molecule has 0 spiro atoms. The van der Waals surface area contributed by atoms with Crippen LogP contribution in [0.2, 0.25) is 0 Å². The molecule has 2 nitrogen and oxygen atoms in total. The first-order valence-electron chi connectivity index (χ1n) is 10.1. The lowest BCUT2D eigenvalue weighted by atomic mass is 9.89. The van der Waals surface area contributed by atoms with Gasteiger partial charge in [0.1, 0.15) is 11.6 Å². The van der Waals surface area contributed by atoms with Gasteiger partial charge in [0.25, 0.3) is 0 Å². The van der Waals surface area contributed by atoms with E-state index in [9.17, 15) is 9.59 Å². The van der Waals surface area contributed by atoms with E-state index >= 15 is 0 Å². The zero-order valence-corrected chi connectivity index (χ0v) is 16.0. The summed E-state index contributed by atoms with van der Waals surface area (Å²) in [4.78, 5) is 22.8. The molecule has 0 rings (SSSR count). The molecule has 1 unspecified atom stereocenters. The summed E-state index contributed by atoms with van der Waals surface area (Å²) in [5, 5.41) is 0. The number of hydrogen-bond donors (Lipinski definition) is 0. The normalized spacial score (nSPS) is 12.3. The van der Waals surface area contributed by atoms with Gasteiger partial charge in [-0.2, -0.15) is 0 Å². The Morgan fingerprint density at radius 2 is 1.17 bits per heavy atom. The summed E-state index contributed by atoms with van der Waals surface area (Å²) in [6.45, 7) is 6.01. The Bertz CT molecular complexity index is 296. The van der Waals surface area contributed by atoms with E-state index in [1.165, 1.54) is 84.0 Å². The molecular formula is C21H40O2. The molecule has 0 aromatic heterocycles. The summed E-state index contributed by atoms with van der Waals surface area (Å²) >= 11 is 0. The van der Waals surface area contributed by atoms with Gasteiger partial charge in [-0.15, -0.1) is 0 Å². The zero-order chi connectivity index (χ0) is 17.3. The smallest absolute Gasteiger partial charge is 0.140 e. The highest BCUT2D eigenvalue weighted by atomic mass is 16.1. The quantitative estimate of drug-likeness (QED) is 0.222. The summed E-state index contributed by atoms with van der Waals surface area (Å²) < 4.78 is 0. The minimum Gasteiger partial charge on any atom is -0.300 e. The number of rotatable bonds is 17. The Kier molecular flexibility index (Phi) is 15.7. The van der Waals surface area contributed by atoms with E-state index in [1.807, 2.05) is 0 Å². The lowest BCUT2D eigenvalue weighted by Gasteiger charge is -2.16. The average molecular weight is 325 g/mol. The first-order valence-corrected chi connectivity index (χ1v) is 10.1. The monoisotopic (exact) mass is 324 g/mol. The highest BCUT2D eigenvalue weighted by molar-refractivity contribution is 5.97. The molecular weight excluding hydrogens is 284 g/mol. The maximum atomic E-state index is 11.8. The lowest BCUT2D eigenvalue weighted by molar-refractivity contribution is -0.126. The van der Waals surface area contributed by atoms with Crippen molar-refractivity contribution in [3.05, 3.63) is 0 Å². The summed E-state index contributed by atoms with van der Waals surface area (Å²) in [5.74, 6) is 0.832. The molecule has 0 aliphatic heterocycles. The second-order valence-corrected chi connectivity index (χ2v) is 7.23. The van der Waals surface area contributed by atoms with Gasteiger partial charge >= 0.3 is 0 Å². The van der Waals surface area contributed by atoms with E-state index < -0.39 is 0 Å². The van der Waals surface area contributed by atoms with Crippen molar-refractivity contribution >= 4 is 11.6 Å². The predicted molar refractivity (Wildman–Crippen MR) is 99.8 cm³/mol. The molecule has 0 saturated heterocycles. The molecule has 2 heteroatoms. The maximum Gasteiger partial charge on any atom is 0.140 e. The second kappa shape index (κ2) is 16.2. The van der Waals surface area contributed by atoms with Gasteiger partial charge in [0.2, 0.25) is 0 Å². The van der Waals surface area contributed by atoms with Gasteiger partial charge in [-0.1, -0.05) is 90.9 Å². The number of hydrogen-bond acceptors (Lipinski definition) is 2. The summed E-state index contributed by atoms with van der Waals surface area (Å²) in [6.07, 6.45) is 17.5. The Morgan fingerprint density at radius 1 is 0.696 bits per heavy atom. The second-order valence-electron chi connectivity index (χ2n) is 7.23. The van der Waals surface area contributed by atoms with Crippen LogP contribution in [0.5, 0.6) is 0 Å². The van der Waals surface area contributed by atoms with Crippen LogP contribution in [0, 0.1) is 5.92 Å². The van der Waals surface area contributed by atoms with Gasteiger partial charge in [0, 0.05) is 6.42 Å². The van der Waals surface area contributed by atoms with Crippen LogP contribution in [0.1, 0.15) is 117 Å². The Hall–Kier alpha value is -0.660. The number of ketones is 2. The van der Waals surface area contributed by atoms with E-state index in [0.29, 0.717) is 12.3 Å². The van der Waals surface area contributed by atoms with Gasteiger partial charge in [-0.25, -0.2) is 0 Å². The minimum absolute atomic E-state index is 0.00502. The molecule has 0 fully saturated rings. The van der Waals surface area contributed by atoms with Gasteiger partial charge < -0.3 is 0 Å². The first kappa shape index (κ1) is 22.3. The van der Waals surface area contributed by atoms with Crippen molar-refractivity contribution in [1.29, 1.82) is 0 Å². The highest BCUT2D eigenvalue weighted by Gasteiger charge is 2.12. The van der Waals surface area contributed by atoms with E-state index in [2.05, 4.69) is 13.8 Å². The van der Waals surface area contributed by atoms with Crippen LogP contribution in [0.15, 0.2) is 0 Å². The van der Waals surface area contributed by atoms with Crippen molar-refractivity contribution in [2.45, 2.75) is 117 Å². The standard InChI is InChI=1S/C21H40O2/c1-4-6-8-10-11-13-15-20(14-12-9-7-5-2)16-17-21(23)18-19(3)22/h20H,4-18H2,1-3H3. The van der Waals surface area contributed by atoms with Crippen LogP contribution in [-0.4, -0.2) is 11.6 Å². The summed E-state index contributed by atoms with van der Waals surface area (Å²) in [6, 6.07) is 0. The predicted octanol–water partition coefficient (Wildman–Crippen LogP) is 6.65. The van der Waals surface area contributed by atoms with Gasteiger partial charge in [-0.05, 0) is 19.3 Å². The lowest BCUT2D eigenvalue weighted by Crippen LogP contribution is -2.08. The summed E-state index contributed by atoms with van der Waals surface area (Å²) in [7, 11) is 0. The molecule has 23 heavy (non-hydrogen) atoms. The van der Waals surface area contributed by atoms with Gasteiger partial charge in [0.05, 0.1) is 6.42 Å². The number of carbonyl (C=O) groups is 2. The largest absolute Gasteiger partial charge is 0.300 e. The van der Waals surface area contributed by atoms with Crippen LogP contribution >= 0.6 is 0 Å². The zero-order valence-electron chi connectivity index (χ0n) is 16.0. The Balaban J connectivity index is 3.96. The topological polar surface area (TPSA) is 34.1 Å². The van der Waals surface area contributed by atoms with E-state index in [4.69, 9.17) is 0 Å². The fraction of sp³-hybridized carbons (Fsp3) is 0.905. The van der Waals surface area contributed by atoms with Crippen LogP contribution < -0.4 is 0 Å². The molecule has 1 atom stereocenters. The van der Waals surface area contributed by atoms with Gasteiger partial charge in [-0.3, -0.25) is 9.59 Å². The fourth-order valence-corrected chi connectivity index (χ4v) is 3.24. The molecule has 0 aliphatic rings. The van der Waals surface area contributed by atoms with Crippen LogP contribution in [-0.2, 0) is 9.59 Å². The molecule has 0 aromatic rings. The molecule has 0 radical (unpaired) electrons. The molecule has 136 valence electrons. The van der Waals surface area contributed by atoms with Crippen LogP contribution in [0.25, 0.3) is 0 Å². The van der Waals surface area contributed by atoms with Crippen molar-refractivity contribution in [2.24, 2.45) is 5.92 Å². The molecule has 0 aliphatic carbocycles. The first-order chi connectivity index (χ1) is 11.1. The molecule has 0 heterocycles. The average Bonchev–Trinajstić information content (AvgIpc) is 2.50. The van der Waals surface area contributed by atoms with E-state index in [1.54, 1.807) is 0 Å². The minimum atomic E-state index is 0.00502. The number of Topliss-reactive ketones (excluding diaryl/α,β-unsaturated/α-hetero) is 2.